The molecule has 128 valence electrons. The quantitative estimate of drug-likeness (QED) is 0.623. The van der Waals surface area contributed by atoms with Gasteiger partial charge in [0.25, 0.3) is 0 Å². The summed E-state index contributed by atoms with van der Waals surface area (Å²) in [5.41, 5.74) is 2.86. The predicted octanol–water partition coefficient (Wildman–Crippen LogP) is 3.31. The minimum Gasteiger partial charge on any atom is -0.461 e. The van der Waals surface area contributed by atoms with Crippen LogP contribution in [0.5, 0.6) is 0 Å². The first-order valence-electron chi connectivity index (χ1n) is 8.17. The van der Waals surface area contributed by atoms with Gasteiger partial charge < -0.3 is 9.30 Å². The minimum absolute atomic E-state index is 0.0384. The molecule has 24 heavy (non-hydrogen) atoms. The van der Waals surface area contributed by atoms with Crippen molar-refractivity contribution in [3.05, 3.63) is 44.7 Å². The van der Waals surface area contributed by atoms with Gasteiger partial charge in [-0.25, -0.2) is 4.79 Å². The fourth-order valence-corrected chi connectivity index (χ4v) is 2.99. The summed E-state index contributed by atoms with van der Waals surface area (Å²) >= 11 is 0. The lowest BCUT2D eigenvalue weighted by molar-refractivity contribution is 0.0514. The highest BCUT2D eigenvalue weighted by Gasteiger charge is 2.19. The zero-order valence-corrected chi connectivity index (χ0v) is 14.9. The zero-order valence-electron chi connectivity index (χ0n) is 14.9. The van der Waals surface area contributed by atoms with Crippen molar-refractivity contribution in [1.82, 2.24) is 4.57 Å². The molecule has 0 saturated carbocycles. The number of nitrogens with zero attached hydrogens (tertiary/aromatic N) is 1. The third-order valence-electron chi connectivity index (χ3n) is 4.36. The van der Waals surface area contributed by atoms with Crippen LogP contribution in [0.25, 0.3) is 10.9 Å². The van der Waals surface area contributed by atoms with Crippen LogP contribution in [-0.4, -0.2) is 22.9 Å². The maximum absolute atomic E-state index is 12.5. The lowest BCUT2D eigenvalue weighted by Gasteiger charge is -2.17. The van der Waals surface area contributed by atoms with E-state index in [0.29, 0.717) is 22.9 Å². The second-order valence-electron chi connectivity index (χ2n) is 5.92. The van der Waals surface area contributed by atoms with Crippen LogP contribution in [0.3, 0.4) is 0 Å². The molecule has 0 atom stereocenters. The standard InChI is InChI=1S/C19H23NO4/c1-6-8-16(21)13-9-14-17(22)10-15(19(23)24-7-2)20(5)18(14)12(4)11(13)3/h9-10H,6-8H2,1-5H3. The number of aryl methyl sites for hydroxylation is 2. The monoisotopic (exact) mass is 329 g/mol. The van der Waals surface area contributed by atoms with Crippen molar-refractivity contribution >= 4 is 22.7 Å². The Morgan fingerprint density at radius 1 is 1.12 bits per heavy atom. The van der Waals surface area contributed by atoms with Crippen molar-refractivity contribution in [3.63, 3.8) is 0 Å². The molecular weight excluding hydrogens is 306 g/mol. The van der Waals surface area contributed by atoms with E-state index in [0.717, 1.165) is 17.5 Å². The molecule has 0 N–H and O–H groups in total. The van der Waals surface area contributed by atoms with Crippen LogP contribution in [0, 0.1) is 13.8 Å². The lowest BCUT2D eigenvalue weighted by atomic mass is 9.94. The highest BCUT2D eigenvalue weighted by molar-refractivity contribution is 6.02. The van der Waals surface area contributed by atoms with Crippen LogP contribution in [0.4, 0.5) is 0 Å². The Morgan fingerprint density at radius 2 is 1.79 bits per heavy atom. The number of fused-ring (bicyclic) bond motifs is 1. The maximum atomic E-state index is 12.5. The molecule has 2 rings (SSSR count). The van der Waals surface area contributed by atoms with E-state index in [1.165, 1.54) is 6.07 Å². The largest absolute Gasteiger partial charge is 0.461 e. The highest BCUT2D eigenvalue weighted by Crippen LogP contribution is 2.25. The number of esters is 1. The molecule has 0 amide bonds. The van der Waals surface area contributed by atoms with Crippen LogP contribution in [0.1, 0.15) is 58.7 Å². The van der Waals surface area contributed by atoms with Gasteiger partial charge in [0.2, 0.25) is 0 Å². The number of benzene rings is 1. The van der Waals surface area contributed by atoms with Crippen LogP contribution >= 0.6 is 0 Å². The first-order chi connectivity index (χ1) is 11.3. The molecule has 0 unspecified atom stereocenters. The number of carbonyl (C=O) groups is 2. The first kappa shape index (κ1) is 17.9. The Balaban J connectivity index is 2.81. The molecule has 0 aliphatic heterocycles. The number of carbonyl (C=O) groups excluding carboxylic acids is 2. The van der Waals surface area contributed by atoms with Gasteiger partial charge in [0.15, 0.2) is 11.2 Å². The smallest absolute Gasteiger partial charge is 0.355 e. The fraction of sp³-hybridized carbons (Fsp3) is 0.421. The van der Waals surface area contributed by atoms with Gasteiger partial charge in [-0.3, -0.25) is 9.59 Å². The van der Waals surface area contributed by atoms with Gasteiger partial charge in [-0.05, 0) is 44.4 Å². The Morgan fingerprint density at radius 3 is 2.38 bits per heavy atom. The summed E-state index contributed by atoms with van der Waals surface area (Å²) in [5.74, 6) is -0.487. The zero-order chi connectivity index (χ0) is 18.0. The van der Waals surface area contributed by atoms with Crippen molar-refractivity contribution in [2.75, 3.05) is 6.61 Å². The van der Waals surface area contributed by atoms with Gasteiger partial charge in [-0.1, -0.05) is 6.92 Å². The first-order valence-corrected chi connectivity index (χ1v) is 8.17. The average molecular weight is 329 g/mol. The van der Waals surface area contributed by atoms with Crippen LogP contribution in [0.2, 0.25) is 0 Å². The summed E-state index contributed by atoms with van der Waals surface area (Å²) < 4.78 is 6.70. The molecular formula is C19H23NO4. The number of aromatic nitrogens is 1. The Bertz CT molecular complexity index is 877. The number of rotatable bonds is 5. The van der Waals surface area contributed by atoms with Crippen molar-refractivity contribution in [3.8, 4) is 0 Å². The molecule has 1 heterocycles. The Labute approximate surface area is 141 Å². The molecule has 5 nitrogen and oxygen atoms in total. The van der Waals surface area contributed by atoms with Crippen molar-refractivity contribution in [2.45, 2.75) is 40.5 Å². The lowest BCUT2D eigenvalue weighted by Crippen LogP contribution is -2.19. The van der Waals surface area contributed by atoms with Crippen molar-refractivity contribution in [2.24, 2.45) is 7.05 Å². The second-order valence-corrected chi connectivity index (χ2v) is 5.92. The van der Waals surface area contributed by atoms with Gasteiger partial charge in [0.05, 0.1) is 12.1 Å². The number of Topliss-reactive ketones (excluding diaryl/α,β-unsaturated/α-hetero) is 1. The van der Waals surface area contributed by atoms with Gasteiger partial charge >= 0.3 is 5.97 Å². The molecule has 0 spiro atoms. The molecule has 0 bridgehead atoms. The molecule has 0 aliphatic rings. The molecule has 5 heteroatoms. The minimum atomic E-state index is -0.526. The average Bonchev–Trinajstić information content (AvgIpc) is 2.53. The summed E-state index contributed by atoms with van der Waals surface area (Å²) in [6.45, 7) is 7.66. The van der Waals surface area contributed by atoms with E-state index in [4.69, 9.17) is 4.74 Å². The summed E-state index contributed by atoms with van der Waals surface area (Å²) in [5, 5.41) is 0.452. The molecule has 0 saturated heterocycles. The van der Waals surface area contributed by atoms with Crippen LogP contribution < -0.4 is 5.43 Å². The van der Waals surface area contributed by atoms with Crippen molar-refractivity contribution < 1.29 is 14.3 Å². The predicted molar refractivity (Wildman–Crippen MR) is 93.9 cm³/mol. The molecule has 2 aromatic rings. The van der Waals surface area contributed by atoms with Gasteiger partial charge in [-0.15, -0.1) is 0 Å². The molecule has 0 radical (unpaired) electrons. The normalized spacial score (nSPS) is 10.9. The van der Waals surface area contributed by atoms with E-state index in [9.17, 15) is 14.4 Å². The number of hydrogen-bond acceptors (Lipinski definition) is 4. The van der Waals surface area contributed by atoms with Gasteiger partial charge in [-0.2, -0.15) is 0 Å². The third kappa shape index (κ3) is 2.98. The molecule has 1 aromatic heterocycles. The highest BCUT2D eigenvalue weighted by atomic mass is 16.5. The topological polar surface area (TPSA) is 65.4 Å². The number of hydrogen-bond donors (Lipinski definition) is 0. The summed E-state index contributed by atoms with van der Waals surface area (Å²) in [6.07, 6.45) is 1.21. The van der Waals surface area contributed by atoms with Gasteiger partial charge in [0, 0.05) is 30.5 Å². The van der Waals surface area contributed by atoms with E-state index in [2.05, 4.69) is 0 Å². The van der Waals surface area contributed by atoms with Crippen LogP contribution in [0.15, 0.2) is 16.9 Å². The van der Waals surface area contributed by atoms with Crippen molar-refractivity contribution in [1.29, 1.82) is 0 Å². The van der Waals surface area contributed by atoms with E-state index < -0.39 is 5.97 Å². The van der Waals surface area contributed by atoms with E-state index in [1.54, 1.807) is 24.6 Å². The number of ether oxygens (including phenoxy) is 1. The van der Waals surface area contributed by atoms with Crippen LogP contribution in [-0.2, 0) is 11.8 Å². The van der Waals surface area contributed by atoms with E-state index in [-0.39, 0.29) is 23.5 Å². The SMILES string of the molecule is CCCC(=O)c1cc2c(=O)cc(C(=O)OCC)n(C)c2c(C)c1C. The number of ketones is 1. The third-order valence-corrected chi connectivity index (χ3v) is 4.36. The Hall–Kier alpha value is -2.43. The van der Waals surface area contributed by atoms with Gasteiger partial charge in [0.1, 0.15) is 5.69 Å². The molecule has 0 aliphatic carbocycles. The molecule has 0 fully saturated rings. The van der Waals surface area contributed by atoms with E-state index in [1.807, 2.05) is 20.8 Å². The van der Waals surface area contributed by atoms with E-state index >= 15 is 0 Å². The molecule has 1 aromatic carbocycles. The summed E-state index contributed by atoms with van der Waals surface area (Å²) in [7, 11) is 1.73. The summed E-state index contributed by atoms with van der Waals surface area (Å²) in [4.78, 5) is 36.9. The Kier molecular flexibility index (Phi) is 5.22. The number of pyridine rings is 1. The fourth-order valence-electron chi connectivity index (χ4n) is 2.99. The maximum Gasteiger partial charge on any atom is 0.355 e. The second kappa shape index (κ2) is 6.99. The summed E-state index contributed by atoms with van der Waals surface area (Å²) in [6, 6.07) is 2.94.